The largest absolute Gasteiger partial charge is 0.543 e. The van der Waals surface area contributed by atoms with Crippen LogP contribution < -0.4 is 4.43 Å². The fourth-order valence-electron chi connectivity index (χ4n) is 4.27. The van der Waals surface area contributed by atoms with Crippen molar-refractivity contribution in [2.45, 2.75) is 76.9 Å². The van der Waals surface area contributed by atoms with E-state index in [-0.39, 0.29) is 16.4 Å². The van der Waals surface area contributed by atoms with Gasteiger partial charge in [0.15, 0.2) is 0 Å². The second kappa shape index (κ2) is 8.58. The third kappa shape index (κ3) is 4.49. The number of aryl methyl sites for hydroxylation is 1. The van der Waals surface area contributed by atoms with E-state index in [2.05, 4.69) is 76.3 Å². The number of ether oxygens (including phenoxy) is 1. The van der Waals surface area contributed by atoms with Gasteiger partial charge in [0.05, 0.1) is 13.0 Å². The molecule has 0 fully saturated rings. The highest BCUT2D eigenvalue weighted by Gasteiger charge is 2.42. The number of fused-ring (bicyclic) bond motifs is 1. The third-order valence-electron chi connectivity index (χ3n) is 6.90. The van der Waals surface area contributed by atoms with E-state index in [9.17, 15) is 4.79 Å². The van der Waals surface area contributed by atoms with Crippen LogP contribution >= 0.6 is 0 Å². The number of hydrogen-bond donors (Lipinski definition) is 0. The monoisotopic (exact) mass is 424 g/mol. The van der Waals surface area contributed by atoms with Crippen molar-refractivity contribution in [2.75, 3.05) is 6.61 Å². The molecule has 1 aliphatic carbocycles. The van der Waals surface area contributed by atoms with Crippen molar-refractivity contribution in [3.63, 3.8) is 0 Å². The molecule has 0 saturated heterocycles. The number of esters is 1. The van der Waals surface area contributed by atoms with Gasteiger partial charge in [-0.3, -0.25) is 4.79 Å². The highest BCUT2D eigenvalue weighted by atomic mass is 28.4. The van der Waals surface area contributed by atoms with E-state index in [1.807, 2.05) is 13.0 Å². The summed E-state index contributed by atoms with van der Waals surface area (Å²) in [7, 11) is -1.90. The van der Waals surface area contributed by atoms with E-state index in [4.69, 9.17) is 9.16 Å². The van der Waals surface area contributed by atoms with Gasteiger partial charge in [-0.25, -0.2) is 0 Å². The van der Waals surface area contributed by atoms with E-state index in [0.717, 1.165) is 25.0 Å². The molecule has 0 saturated carbocycles. The van der Waals surface area contributed by atoms with Crippen LogP contribution in [0.15, 0.2) is 48.5 Å². The molecule has 1 aliphatic rings. The van der Waals surface area contributed by atoms with E-state index in [1.165, 1.54) is 16.7 Å². The zero-order valence-corrected chi connectivity index (χ0v) is 20.4. The predicted octanol–water partition coefficient (Wildman–Crippen LogP) is 6.65. The van der Waals surface area contributed by atoms with Crippen LogP contribution in [0, 0.1) is 0 Å². The van der Waals surface area contributed by atoms with Crippen LogP contribution in [0.25, 0.3) is 0 Å². The molecule has 3 rings (SSSR count). The maximum absolute atomic E-state index is 12.6. The van der Waals surface area contributed by atoms with Crippen molar-refractivity contribution in [3.05, 3.63) is 65.2 Å². The maximum Gasteiger partial charge on any atom is 0.307 e. The van der Waals surface area contributed by atoms with Crippen molar-refractivity contribution >= 4 is 14.3 Å². The quantitative estimate of drug-likeness (QED) is 0.385. The molecule has 4 heteroatoms. The van der Waals surface area contributed by atoms with Crippen molar-refractivity contribution in [2.24, 2.45) is 0 Å². The average Bonchev–Trinajstić information content (AvgIpc) is 2.67. The van der Waals surface area contributed by atoms with Gasteiger partial charge in [-0.05, 0) is 73.1 Å². The minimum atomic E-state index is -1.90. The van der Waals surface area contributed by atoms with Crippen LogP contribution in [0.5, 0.6) is 5.75 Å². The van der Waals surface area contributed by atoms with Crippen LogP contribution in [-0.2, 0) is 21.4 Å². The molecule has 1 atom stereocenters. The summed E-state index contributed by atoms with van der Waals surface area (Å²) in [6.45, 7) is 13.6. The highest BCUT2D eigenvalue weighted by molar-refractivity contribution is 6.74. The molecule has 0 N–H and O–H groups in total. The SMILES string of the molecule is CCOC(=O)CC1(c2ccccc2)CCCc2cc(O[Si](C)(C)C(C)(C)C)ccc21. The Balaban J connectivity index is 2.04. The van der Waals surface area contributed by atoms with Gasteiger partial charge in [-0.2, -0.15) is 0 Å². The van der Waals surface area contributed by atoms with Gasteiger partial charge in [-0.1, -0.05) is 57.2 Å². The Hall–Kier alpha value is -2.07. The Morgan fingerprint density at radius 3 is 2.43 bits per heavy atom. The minimum absolute atomic E-state index is 0.129. The second-order valence-corrected chi connectivity index (χ2v) is 14.7. The summed E-state index contributed by atoms with van der Waals surface area (Å²) < 4.78 is 11.9. The van der Waals surface area contributed by atoms with Crippen LogP contribution in [-0.4, -0.2) is 20.9 Å². The Bertz CT molecular complexity index is 883. The van der Waals surface area contributed by atoms with Crippen molar-refractivity contribution < 1.29 is 14.0 Å². The lowest BCUT2D eigenvalue weighted by Gasteiger charge is -2.40. The lowest BCUT2D eigenvalue weighted by molar-refractivity contribution is -0.144. The number of carbonyl (C=O) groups excluding carboxylic acids is 1. The molecule has 2 aromatic carbocycles. The normalized spacial score (nSPS) is 19.1. The molecule has 0 aromatic heterocycles. The first kappa shape index (κ1) is 22.6. The first-order valence-electron chi connectivity index (χ1n) is 11.1. The predicted molar refractivity (Wildman–Crippen MR) is 126 cm³/mol. The van der Waals surface area contributed by atoms with E-state index in [1.54, 1.807) is 0 Å². The van der Waals surface area contributed by atoms with Gasteiger partial charge in [0.1, 0.15) is 5.75 Å². The van der Waals surface area contributed by atoms with E-state index in [0.29, 0.717) is 13.0 Å². The number of benzene rings is 2. The van der Waals surface area contributed by atoms with E-state index < -0.39 is 8.32 Å². The van der Waals surface area contributed by atoms with Crippen LogP contribution in [0.3, 0.4) is 0 Å². The molecule has 0 amide bonds. The molecular weight excluding hydrogens is 388 g/mol. The third-order valence-corrected chi connectivity index (χ3v) is 11.3. The summed E-state index contributed by atoms with van der Waals surface area (Å²) >= 11 is 0. The Morgan fingerprint density at radius 2 is 1.80 bits per heavy atom. The second-order valence-electron chi connectivity index (χ2n) is 9.96. The Kier molecular flexibility index (Phi) is 6.47. The van der Waals surface area contributed by atoms with Gasteiger partial charge in [0.2, 0.25) is 8.32 Å². The first-order valence-corrected chi connectivity index (χ1v) is 14.0. The molecular formula is C26H36O3Si. The average molecular weight is 425 g/mol. The van der Waals surface area contributed by atoms with Gasteiger partial charge >= 0.3 is 5.97 Å². The Morgan fingerprint density at radius 1 is 1.10 bits per heavy atom. The summed E-state index contributed by atoms with van der Waals surface area (Å²) in [5, 5.41) is 0.153. The summed E-state index contributed by atoms with van der Waals surface area (Å²) in [6.07, 6.45) is 3.39. The van der Waals surface area contributed by atoms with Crippen LogP contribution in [0.4, 0.5) is 0 Å². The molecule has 162 valence electrons. The topological polar surface area (TPSA) is 35.5 Å². The minimum Gasteiger partial charge on any atom is -0.543 e. The number of rotatable bonds is 6. The standard InChI is InChI=1S/C26H36O3Si/c1-7-28-24(27)19-26(21-13-9-8-10-14-21)17-11-12-20-18-22(15-16-23(20)26)29-30(5,6)25(2,3)4/h8-10,13-16,18H,7,11-12,17,19H2,1-6H3. The van der Waals surface area contributed by atoms with Crippen LogP contribution in [0.1, 0.15) is 63.6 Å². The Labute approximate surface area is 182 Å². The van der Waals surface area contributed by atoms with Gasteiger partial charge < -0.3 is 9.16 Å². The number of carbonyl (C=O) groups is 1. The highest BCUT2D eigenvalue weighted by Crippen LogP contribution is 2.47. The van der Waals surface area contributed by atoms with Crippen molar-refractivity contribution in [3.8, 4) is 5.75 Å². The molecule has 0 radical (unpaired) electrons. The molecule has 0 bridgehead atoms. The molecule has 1 unspecified atom stereocenters. The van der Waals surface area contributed by atoms with Crippen LogP contribution in [0.2, 0.25) is 18.1 Å². The van der Waals surface area contributed by atoms with E-state index >= 15 is 0 Å². The lowest BCUT2D eigenvalue weighted by atomic mass is 9.64. The number of hydrogen-bond acceptors (Lipinski definition) is 3. The zero-order valence-electron chi connectivity index (χ0n) is 19.4. The zero-order chi connectivity index (χ0) is 22.0. The molecule has 30 heavy (non-hydrogen) atoms. The van der Waals surface area contributed by atoms with Crippen molar-refractivity contribution in [1.82, 2.24) is 0 Å². The smallest absolute Gasteiger partial charge is 0.307 e. The van der Waals surface area contributed by atoms with Gasteiger partial charge in [0, 0.05) is 5.41 Å². The molecule has 0 aliphatic heterocycles. The summed E-state index contributed by atoms with van der Waals surface area (Å²) in [5.41, 5.74) is 3.40. The van der Waals surface area contributed by atoms with Crippen molar-refractivity contribution in [1.29, 1.82) is 0 Å². The van der Waals surface area contributed by atoms with Gasteiger partial charge in [-0.15, -0.1) is 0 Å². The fraction of sp³-hybridized carbons (Fsp3) is 0.500. The molecule has 3 nitrogen and oxygen atoms in total. The molecule has 0 heterocycles. The maximum atomic E-state index is 12.6. The fourth-order valence-corrected chi connectivity index (χ4v) is 5.29. The van der Waals surface area contributed by atoms with Gasteiger partial charge in [0.25, 0.3) is 0 Å². The molecule has 2 aromatic rings. The summed E-state index contributed by atoms with van der Waals surface area (Å²) in [6, 6.07) is 17.0. The first-order chi connectivity index (χ1) is 14.1. The summed E-state index contributed by atoms with van der Waals surface area (Å²) in [4.78, 5) is 12.6. The lowest BCUT2D eigenvalue weighted by Crippen LogP contribution is -2.44. The molecule has 0 spiro atoms. The summed E-state index contributed by atoms with van der Waals surface area (Å²) in [5.74, 6) is 0.830.